The molecule has 0 radical (unpaired) electrons. The van der Waals surface area contributed by atoms with E-state index in [-0.39, 0.29) is 5.91 Å². The summed E-state index contributed by atoms with van der Waals surface area (Å²) in [6, 6.07) is 1.90. The molecule has 7 heteroatoms. The van der Waals surface area contributed by atoms with Crippen LogP contribution in [0.25, 0.3) is 11.4 Å². The molecule has 2 rings (SSSR count). The quantitative estimate of drug-likeness (QED) is 0.698. The summed E-state index contributed by atoms with van der Waals surface area (Å²) in [6.07, 6.45) is 3.85. The Morgan fingerprint density at radius 2 is 2.44 bits per heavy atom. The molecule has 0 bridgehead atoms. The minimum Gasteiger partial charge on any atom is -0.352 e. The highest BCUT2D eigenvalue weighted by atomic mass is 32.1. The van der Waals surface area contributed by atoms with Crippen molar-refractivity contribution >= 4 is 18.5 Å². The lowest BCUT2D eigenvalue weighted by molar-refractivity contribution is -0.120. The van der Waals surface area contributed by atoms with Crippen LogP contribution in [0.15, 0.2) is 18.5 Å². The van der Waals surface area contributed by atoms with Crippen LogP contribution in [0, 0.1) is 0 Å². The number of hydrogen-bond donors (Lipinski definition) is 3. The fourth-order valence-corrected chi connectivity index (χ4v) is 1.87. The monoisotopic (exact) mass is 265 g/mol. The van der Waals surface area contributed by atoms with E-state index in [1.54, 1.807) is 17.1 Å². The summed E-state index contributed by atoms with van der Waals surface area (Å²) in [5.41, 5.74) is 2.75. The Morgan fingerprint density at radius 1 is 1.61 bits per heavy atom. The van der Waals surface area contributed by atoms with Gasteiger partial charge in [0.2, 0.25) is 5.91 Å². The van der Waals surface area contributed by atoms with Gasteiger partial charge in [0.15, 0.2) is 0 Å². The maximum atomic E-state index is 11.4. The second kappa shape index (κ2) is 5.72. The zero-order chi connectivity index (χ0) is 13.0. The first kappa shape index (κ1) is 12.7. The molecule has 18 heavy (non-hydrogen) atoms. The molecule has 0 fully saturated rings. The number of hydrogen-bond acceptors (Lipinski definition) is 4. The van der Waals surface area contributed by atoms with Gasteiger partial charge >= 0.3 is 0 Å². The zero-order valence-electron chi connectivity index (χ0n) is 10.1. The van der Waals surface area contributed by atoms with E-state index in [0.29, 0.717) is 18.7 Å². The Morgan fingerprint density at radius 3 is 3.11 bits per heavy atom. The zero-order valence-corrected chi connectivity index (χ0v) is 10.9. The highest BCUT2D eigenvalue weighted by Gasteiger charge is 2.11. The lowest BCUT2D eigenvalue weighted by atomic mass is 10.2. The van der Waals surface area contributed by atoms with Gasteiger partial charge in [-0.15, -0.1) is 0 Å². The van der Waals surface area contributed by atoms with Crippen LogP contribution in [0.4, 0.5) is 0 Å². The fraction of sp³-hybridized carbons (Fsp3) is 0.364. The van der Waals surface area contributed by atoms with Gasteiger partial charge < -0.3 is 5.32 Å². The molecule has 2 N–H and O–H groups in total. The summed E-state index contributed by atoms with van der Waals surface area (Å²) in [5.74, 6) is 0.536. The summed E-state index contributed by atoms with van der Waals surface area (Å²) in [5, 5.41) is 13.9. The number of rotatable bonds is 5. The summed E-state index contributed by atoms with van der Waals surface area (Å²) in [6.45, 7) is 0.448. The summed E-state index contributed by atoms with van der Waals surface area (Å²) < 4.78 is 1.76. The number of carbonyl (C=O) groups excluding carboxylic acids is 1. The first-order chi connectivity index (χ1) is 8.72. The second-order valence-corrected chi connectivity index (χ2v) is 4.31. The van der Waals surface area contributed by atoms with Crippen LogP contribution in [-0.2, 0) is 18.4 Å². The number of nitrogens with zero attached hydrogens (tertiary/aromatic N) is 3. The Bertz CT molecular complexity index is 533. The molecule has 2 aromatic rings. The number of thiol groups is 1. The fourth-order valence-electron chi connectivity index (χ4n) is 1.67. The lowest BCUT2D eigenvalue weighted by Crippen LogP contribution is -2.22. The molecule has 96 valence electrons. The summed E-state index contributed by atoms with van der Waals surface area (Å²) >= 11 is 4.02. The summed E-state index contributed by atoms with van der Waals surface area (Å²) in [4.78, 5) is 11.4. The van der Waals surface area contributed by atoms with E-state index >= 15 is 0 Å². The maximum absolute atomic E-state index is 11.4. The number of aromatic amines is 1. The molecule has 2 aromatic heterocycles. The number of H-pyrrole nitrogens is 1. The largest absolute Gasteiger partial charge is 0.352 e. The molecule has 0 atom stereocenters. The normalized spacial score (nSPS) is 10.6. The van der Waals surface area contributed by atoms with E-state index in [2.05, 4.69) is 33.2 Å². The molecule has 0 unspecified atom stereocenters. The number of aryl methyl sites for hydroxylation is 1. The Labute approximate surface area is 110 Å². The average molecular weight is 265 g/mol. The third kappa shape index (κ3) is 2.73. The molecule has 0 aliphatic heterocycles. The van der Waals surface area contributed by atoms with Crippen LogP contribution < -0.4 is 5.32 Å². The van der Waals surface area contributed by atoms with Crippen LogP contribution in [0.1, 0.15) is 12.0 Å². The van der Waals surface area contributed by atoms with Gasteiger partial charge in [0.1, 0.15) is 0 Å². The lowest BCUT2D eigenvalue weighted by Gasteiger charge is -2.05. The average Bonchev–Trinajstić information content (AvgIpc) is 2.95. The van der Waals surface area contributed by atoms with Crippen molar-refractivity contribution in [2.75, 3.05) is 5.75 Å². The first-order valence-corrected chi connectivity index (χ1v) is 6.23. The van der Waals surface area contributed by atoms with Crippen molar-refractivity contribution < 1.29 is 4.79 Å². The van der Waals surface area contributed by atoms with E-state index in [4.69, 9.17) is 0 Å². The van der Waals surface area contributed by atoms with Gasteiger partial charge in [-0.1, -0.05) is 0 Å². The highest BCUT2D eigenvalue weighted by Crippen LogP contribution is 2.19. The van der Waals surface area contributed by atoms with E-state index in [0.717, 1.165) is 17.0 Å². The predicted molar refractivity (Wildman–Crippen MR) is 71.1 cm³/mol. The van der Waals surface area contributed by atoms with Crippen molar-refractivity contribution in [3.8, 4) is 11.4 Å². The van der Waals surface area contributed by atoms with Gasteiger partial charge in [-0.3, -0.25) is 14.6 Å². The predicted octanol–water partition coefficient (Wildman–Crippen LogP) is 0.746. The molecule has 6 nitrogen and oxygen atoms in total. The Hall–Kier alpha value is -1.76. The van der Waals surface area contributed by atoms with E-state index in [9.17, 15) is 4.79 Å². The van der Waals surface area contributed by atoms with Crippen LogP contribution >= 0.6 is 12.6 Å². The molecular formula is C11H15N5OS. The molecule has 0 saturated carbocycles. The topological polar surface area (TPSA) is 75.6 Å². The van der Waals surface area contributed by atoms with E-state index < -0.39 is 0 Å². The number of amides is 1. The van der Waals surface area contributed by atoms with Gasteiger partial charge in [-0.2, -0.15) is 22.8 Å². The minimum absolute atomic E-state index is 0.0119. The number of carbonyl (C=O) groups is 1. The van der Waals surface area contributed by atoms with Crippen molar-refractivity contribution in [2.24, 2.45) is 7.05 Å². The van der Waals surface area contributed by atoms with Gasteiger partial charge in [0, 0.05) is 31.8 Å². The molecule has 0 aliphatic carbocycles. The number of nitrogens with one attached hydrogen (secondary N) is 2. The van der Waals surface area contributed by atoms with Gasteiger partial charge in [0.05, 0.1) is 17.6 Å². The molecule has 0 spiro atoms. The molecule has 1 amide bonds. The first-order valence-electron chi connectivity index (χ1n) is 5.60. The van der Waals surface area contributed by atoms with Crippen molar-refractivity contribution in [3.05, 3.63) is 24.0 Å². The minimum atomic E-state index is -0.0119. The maximum Gasteiger partial charge on any atom is 0.221 e. The summed E-state index contributed by atoms with van der Waals surface area (Å²) in [7, 11) is 1.86. The van der Waals surface area contributed by atoms with Crippen LogP contribution in [-0.4, -0.2) is 31.6 Å². The number of aromatic nitrogens is 4. The molecule has 2 heterocycles. The van der Waals surface area contributed by atoms with E-state index in [1.807, 2.05) is 13.1 Å². The standard InChI is InChI=1S/C11H15N5OS/c1-16-9(2-4-14-16)11-8(7-13-15-11)6-12-10(17)3-5-18/h2,4,7,18H,3,5-6H2,1H3,(H,12,17)(H,13,15). The Balaban J connectivity index is 2.09. The second-order valence-electron chi connectivity index (χ2n) is 3.86. The van der Waals surface area contributed by atoms with E-state index in [1.165, 1.54) is 0 Å². The van der Waals surface area contributed by atoms with Gasteiger partial charge in [-0.05, 0) is 11.8 Å². The molecule has 0 aromatic carbocycles. The SMILES string of the molecule is Cn1nccc1-c1[nH]ncc1CNC(=O)CCS. The molecular weight excluding hydrogens is 250 g/mol. The van der Waals surface area contributed by atoms with Crippen molar-refractivity contribution in [2.45, 2.75) is 13.0 Å². The van der Waals surface area contributed by atoms with Gasteiger partial charge in [0.25, 0.3) is 0 Å². The third-order valence-corrected chi connectivity index (χ3v) is 2.83. The van der Waals surface area contributed by atoms with Crippen LogP contribution in [0.3, 0.4) is 0 Å². The van der Waals surface area contributed by atoms with Crippen LogP contribution in [0.2, 0.25) is 0 Å². The van der Waals surface area contributed by atoms with Crippen molar-refractivity contribution in [1.29, 1.82) is 0 Å². The van der Waals surface area contributed by atoms with Crippen LogP contribution in [0.5, 0.6) is 0 Å². The highest BCUT2D eigenvalue weighted by molar-refractivity contribution is 7.80. The van der Waals surface area contributed by atoms with Gasteiger partial charge in [-0.25, -0.2) is 0 Å². The molecule has 0 saturated heterocycles. The Kier molecular flexibility index (Phi) is 4.03. The van der Waals surface area contributed by atoms with Crippen molar-refractivity contribution in [3.63, 3.8) is 0 Å². The van der Waals surface area contributed by atoms with Crippen molar-refractivity contribution in [1.82, 2.24) is 25.3 Å². The molecule has 0 aliphatic rings. The smallest absolute Gasteiger partial charge is 0.221 e. The third-order valence-electron chi connectivity index (χ3n) is 2.61.